The van der Waals surface area contributed by atoms with Gasteiger partial charge in [-0.15, -0.1) is 0 Å². The summed E-state index contributed by atoms with van der Waals surface area (Å²) >= 11 is 23.9. The molecule has 1 heterocycles. The van der Waals surface area contributed by atoms with Crippen LogP contribution >= 0.6 is 46.4 Å². The van der Waals surface area contributed by atoms with Crippen molar-refractivity contribution in [3.8, 4) is 11.3 Å². The first-order valence-electron chi connectivity index (χ1n) is 5.32. The molecule has 0 spiro atoms. The van der Waals surface area contributed by atoms with Gasteiger partial charge in [0, 0.05) is 16.8 Å². The first kappa shape index (κ1) is 15.4. The van der Waals surface area contributed by atoms with Crippen molar-refractivity contribution < 1.29 is 9.53 Å². The van der Waals surface area contributed by atoms with E-state index < -0.39 is 5.97 Å². The summed E-state index contributed by atoms with van der Waals surface area (Å²) in [6.07, 6.45) is 1.34. The summed E-state index contributed by atoms with van der Waals surface area (Å²) in [6.45, 7) is 0. The molecule has 0 fully saturated rings. The maximum atomic E-state index is 11.6. The van der Waals surface area contributed by atoms with Gasteiger partial charge in [0.1, 0.15) is 0 Å². The maximum Gasteiger partial charge on any atom is 0.339 e. The number of esters is 1. The maximum absolute atomic E-state index is 11.6. The van der Waals surface area contributed by atoms with Crippen molar-refractivity contribution >= 4 is 52.4 Å². The van der Waals surface area contributed by atoms with Gasteiger partial charge < -0.3 is 4.74 Å². The standard InChI is InChI=1S/C13H7Cl4NO2/c1-20-13(19)7-4-11(18-5-10(7)16)8-2-6(14)3-9(15)12(8)17/h2-5H,1H3. The molecule has 0 bridgehead atoms. The zero-order valence-corrected chi connectivity index (χ0v) is 13.1. The first-order valence-corrected chi connectivity index (χ1v) is 6.84. The molecule has 7 heteroatoms. The molecule has 104 valence electrons. The fourth-order valence-electron chi connectivity index (χ4n) is 1.59. The van der Waals surface area contributed by atoms with Crippen molar-refractivity contribution in [2.75, 3.05) is 7.11 Å². The Bertz CT molecular complexity index is 688. The van der Waals surface area contributed by atoms with Crippen molar-refractivity contribution in [1.29, 1.82) is 0 Å². The largest absolute Gasteiger partial charge is 0.465 e. The molecule has 1 aromatic heterocycles. The topological polar surface area (TPSA) is 39.2 Å². The molecule has 0 amide bonds. The van der Waals surface area contributed by atoms with Gasteiger partial charge in [0.15, 0.2) is 0 Å². The van der Waals surface area contributed by atoms with Crippen LogP contribution in [-0.2, 0) is 4.74 Å². The van der Waals surface area contributed by atoms with Crippen molar-refractivity contribution in [2.45, 2.75) is 0 Å². The number of benzene rings is 1. The highest BCUT2D eigenvalue weighted by molar-refractivity contribution is 6.45. The molecule has 0 aliphatic rings. The van der Waals surface area contributed by atoms with E-state index in [4.69, 9.17) is 46.4 Å². The number of aromatic nitrogens is 1. The molecule has 0 aliphatic heterocycles. The van der Waals surface area contributed by atoms with E-state index in [2.05, 4.69) is 9.72 Å². The Balaban J connectivity index is 2.62. The van der Waals surface area contributed by atoms with E-state index in [0.29, 0.717) is 26.3 Å². The minimum atomic E-state index is -0.567. The number of pyridine rings is 1. The second kappa shape index (κ2) is 6.19. The molecule has 0 atom stereocenters. The van der Waals surface area contributed by atoms with Crippen LogP contribution in [0.2, 0.25) is 20.1 Å². The van der Waals surface area contributed by atoms with Gasteiger partial charge in [0.05, 0.1) is 33.4 Å². The van der Waals surface area contributed by atoms with Crippen LogP contribution in [0, 0.1) is 0 Å². The molecule has 0 saturated heterocycles. The number of hydrogen-bond donors (Lipinski definition) is 0. The number of hydrogen-bond acceptors (Lipinski definition) is 3. The number of methoxy groups -OCH3 is 1. The summed E-state index contributed by atoms with van der Waals surface area (Å²) in [5.74, 6) is -0.567. The molecular weight excluding hydrogens is 344 g/mol. The van der Waals surface area contributed by atoms with Gasteiger partial charge in [-0.3, -0.25) is 4.98 Å². The molecule has 0 unspecified atom stereocenters. The second-order valence-corrected chi connectivity index (χ2v) is 5.42. The summed E-state index contributed by atoms with van der Waals surface area (Å²) in [7, 11) is 1.27. The normalized spacial score (nSPS) is 10.4. The summed E-state index contributed by atoms with van der Waals surface area (Å²) in [4.78, 5) is 15.7. The predicted molar refractivity (Wildman–Crippen MR) is 81.1 cm³/mol. The van der Waals surface area contributed by atoms with E-state index in [0.717, 1.165) is 0 Å². The third-order valence-electron chi connectivity index (χ3n) is 2.53. The lowest BCUT2D eigenvalue weighted by Gasteiger charge is -2.09. The Morgan fingerprint density at radius 1 is 1.10 bits per heavy atom. The van der Waals surface area contributed by atoms with Crippen LogP contribution in [0.3, 0.4) is 0 Å². The average molecular weight is 351 g/mol. The zero-order chi connectivity index (χ0) is 14.9. The molecule has 0 saturated carbocycles. The van der Waals surface area contributed by atoms with Crippen LogP contribution in [0.4, 0.5) is 0 Å². The lowest BCUT2D eigenvalue weighted by molar-refractivity contribution is 0.0601. The second-order valence-electron chi connectivity index (χ2n) is 3.79. The summed E-state index contributed by atoms with van der Waals surface area (Å²) in [6, 6.07) is 4.60. The molecule has 1 aromatic carbocycles. The zero-order valence-electron chi connectivity index (χ0n) is 10.1. The average Bonchev–Trinajstić information content (AvgIpc) is 2.42. The summed E-state index contributed by atoms with van der Waals surface area (Å²) < 4.78 is 4.65. The van der Waals surface area contributed by atoms with Crippen LogP contribution in [0.25, 0.3) is 11.3 Å². The fourth-order valence-corrected chi connectivity index (χ4v) is 2.47. The highest BCUT2D eigenvalue weighted by Gasteiger charge is 2.16. The highest BCUT2D eigenvalue weighted by atomic mass is 35.5. The molecule has 2 rings (SSSR count). The van der Waals surface area contributed by atoms with Crippen molar-refractivity contribution in [1.82, 2.24) is 4.98 Å². The van der Waals surface area contributed by atoms with Crippen molar-refractivity contribution in [3.63, 3.8) is 0 Å². The van der Waals surface area contributed by atoms with Gasteiger partial charge in [-0.25, -0.2) is 4.79 Å². The SMILES string of the molecule is COC(=O)c1cc(-c2cc(Cl)cc(Cl)c2Cl)ncc1Cl. The van der Waals surface area contributed by atoms with E-state index >= 15 is 0 Å². The van der Waals surface area contributed by atoms with Crippen LogP contribution in [0.1, 0.15) is 10.4 Å². The third-order valence-corrected chi connectivity index (χ3v) is 3.85. The van der Waals surface area contributed by atoms with Gasteiger partial charge in [0.2, 0.25) is 0 Å². The van der Waals surface area contributed by atoms with Gasteiger partial charge in [-0.2, -0.15) is 0 Å². The molecule has 0 N–H and O–H groups in total. The van der Waals surface area contributed by atoms with Crippen LogP contribution in [-0.4, -0.2) is 18.1 Å². The minimum Gasteiger partial charge on any atom is -0.465 e. The number of halogens is 4. The number of carbonyl (C=O) groups excluding carboxylic acids is 1. The molecule has 0 radical (unpaired) electrons. The van der Waals surface area contributed by atoms with E-state index in [1.54, 1.807) is 6.07 Å². The van der Waals surface area contributed by atoms with Crippen LogP contribution < -0.4 is 0 Å². The first-order chi connectivity index (χ1) is 9.43. The quantitative estimate of drug-likeness (QED) is 0.555. The smallest absolute Gasteiger partial charge is 0.339 e. The minimum absolute atomic E-state index is 0.185. The summed E-state index contributed by atoms with van der Waals surface area (Å²) in [5.41, 5.74) is 1.11. The number of carbonyl (C=O) groups is 1. The Hall–Kier alpha value is -1.000. The molecule has 3 nitrogen and oxygen atoms in total. The van der Waals surface area contributed by atoms with E-state index in [1.165, 1.54) is 25.4 Å². The fraction of sp³-hybridized carbons (Fsp3) is 0.0769. The van der Waals surface area contributed by atoms with Gasteiger partial charge in [-0.1, -0.05) is 46.4 Å². The van der Waals surface area contributed by atoms with Gasteiger partial charge >= 0.3 is 5.97 Å². The van der Waals surface area contributed by atoms with Gasteiger partial charge in [-0.05, 0) is 18.2 Å². The molecule has 0 aliphatic carbocycles. The van der Waals surface area contributed by atoms with Crippen molar-refractivity contribution in [3.05, 3.63) is 50.0 Å². The Kier molecular flexibility index (Phi) is 4.76. The molecule has 2 aromatic rings. The number of ether oxygens (including phenoxy) is 1. The Morgan fingerprint density at radius 2 is 1.80 bits per heavy atom. The van der Waals surface area contributed by atoms with E-state index in [1.807, 2.05) is 0 Å². The Labute approximate surface area is 135 Å². The molecule has 20 heavy (non-hydrogen) atoms. The van der Waals surface area contributed by atoms with Crippen LogP contribution in [0.15, 0.2) is 24.4 Å². The number of rotatable bonds is 2. The van der Waals surface area contributed by atoms with E-state index in [9.17, 15) is 4.79 Å². The third kappa shape index (κ3) is 3.01. The molecular formula is C13H7Cl4NO2. The summed E-state index contributed by atoms with van der Waals surface area (Å²) in [5, 5.41) is 1.18. The highest BCUT2D eigenvalue weighted by Crippen LogP contribution is 2.36. The predicted octanol–water partition coefficient (Wildman–Crippen LogP) is 5.15. The van der Waals surface area contributed by atoms with Gasteiger partial charge in [0.25, 0.3) is 0 Å². The Morgan fingerprint density at radius 3 is 2.45 bits per heavy atom. The monoisotopic (exact) mass is 349 g/mol. The lowest BCUT2D eigenvalue weighted by Crippen LogP contribution is -2.03. The van der Waals surface area contributed by atoms with Crippen molar-refractivity contribution in [2.24, 2.45) is 0 Å². The van der Waals surface area contributed by atoms with E-state index in [-0.39, 0.29) is 10.6 Å². The lowest BCUT2D eigenvalue weighted by atomic mass is 10.1. The number of nitrogens with zero attached hydrogens (tertiary/aromatic N) is 1. The van der Waals surface area contributed by atoms with Crippen LogP contribution in [0.5, 0.6) is 0 Å².